The second kappa shape index (κ2) is 8.37. The van der Waals surface area contributed by atoms with Gasteiger partial charge in [-0.1, -0.05) is 49.2 Å². The monoisotopic (exact) mass is 374 g/mol. The van der Waals surface area contributed by atoms with Crippen LogP contribution in [0.15, 0.2) is 11.1 Å². The highest BCUT2D eigenvalue weighted by molar-refractivity contribution is 5.67. The molecule has 0 radical (unpaired) electrons. The molecule has 0 aromatic rings. The molecule has 0 heterocycles. The third-order valence-corrected chi connectivity index (χ3v) is 7.46. The number of carbonyl (C=O) groups is 1. The number of rotatable bonds is 4. The zero-order chi connectivity index (χ0) is 19.6. The van der Waals surface area contributed by atoms with Crippen LogP contribution < -0.4 is 0 Å². The topological polar surface area (TPSA) is 77.8 Å². The van der Waals surface area contributed by atoms with Gasteiger partial charge in [-0.3, -0.25) is 4.79 Å². The lowest BCUT2D eigenvalue weighted by molar-refractivity contribution is -0.136. The molecule has 4 heteroatoms. The molecule has 3 saturated carbocycles. The summed E-state index contributed by atoms with van der Waals surface area (Å²) in [6, 6.07) is 0. The Morgan fingerprint density at radius 2 is 1.93 bits per heavy atom. The van der Waals surface area contributed by atoms with Gasteiger partial charge in [0.1, 0.15) is 6.10 Å². The Bertz CT molecular complexity index is 649. The first kappa shape index (κ1) is 20.4. The van der Waals surface area contributed by atoms with Crippen molar-refractivity contribution in [3.8, 4) is 11.8 Å². The van der Waals surface area contributed by atoms with Gasteiger partial charge in [0.25, 0.3) is 0 Å². The summed E-state index contributed by atoms with van der Waals surface area (Å²) in [6.07, 6.45) is 8.07. The van der Waals surface area contributed by atoms with Crippen molar-refractivity contribution in [2.75, 3.05) is 0 Å². The number of aliphatic hydroxyl groups excluding tert-OH is 2. The van der Waals surface area contributed by atoms with Crippen LogP contribution in [0.5, 0.6) is 0 Å². The van der Waals surface area contributed by atoms with Crippen molar-refractivity contribution < 1.29 is 20.1 Å². The summed E-state index contributed by atoms with van der Waals surface area (Å²) in [4.78, 5) is 10.9. The molecule has 0 aromatic carbocycles. The van der Waals surface area contributed by atoms with E-state index in [4.69, 9.17) is 5.11 Å². The standard InChI is InChI=1S/C23H34O4/c1-15(8-11-22(26)27)18-14-19-17(21(25)12-13-23(18,19)2)9-10-20(24)16-6-4-3-5-7-16/h16-17,19-21,24-25H,3-8,11-14H2,1-2H3,(H,26,27)/b18-15-/t17-,19-,20?,21-,23-/m0/s1. The van der Waals surface area contributed by atoms with Crippen molar-refractivity contribution in [1.29, 1.82) is 0 Å². The van der Waals surface area contributed by atoms with Crippen LogP contribution in [-0.4, -0.2) is 33.5 Å². The van der Waals surface area contributed by atoms with E-state index in [0.717, 1.165) is 32.1 Å². The average Bonchev–Trinajstić information content (AvgIpc) is 2.65. The Balaban J connectivity index is 1.70. The van der Waals surface area contributed by atoms with Crippen molar-refractivity contribution in [2.24, 2.45) is 23.2 Å². The number of carboxylic acid groups (broad SMARTS) is 1. The Kier molecular flexibility index (Phi) is 6.33. The fourth-order valence-electron chi connectivity index (χ4n) is 5.58. The molecule has 150 valence electrons. The van der Waals surface area contributed by atoms with E-state index in [-0.39, 0.29) is 23.7 Å². The highest BCUT2D eigenvalue weighted by atomic mass is 16.4. The minimum atomic E-state index is -0.754. The van der Waals surface area contributed by atoms with E-state index in [0.29, 0.717) is 12.3 Å². The van der Waals surface area contributed by atoms with Crippen LogP contribution in [0.2, 0.25) is 0 Å². The molecule has 0 spiro atoms. The van der Waals surface area contributed by atoms with Crippen LogP contribution in [0, 0.1) is 35.0 Å². The highest BCUT2D eigenvalue weighted by Gasteiger charge is 2.55. The first-order chi connectivity index (χ1) is 12.8. The Morgan fingerprint density at radius 1 is 1.22 bits per heavy atom. The predicted octanol–water partition coefficient (Wildman–Crippen LogP) is 3.91. The van der Waals surface area contributed by atoms with Gasteiger partial charge in [0.05, 0.1) is 12.0 Å². The highest BCUT2D eigenvalue weighted by Crippen LogP contribution is 2.62. The molecule has 0 saturated heterocycles. The van der Waals surface area contributed by atoms with E-state index < -0.39 is 18.2 Å². The normalized spacial score (nSPS) is 36.7. The van der Waals surface area contributed by atoms with E-state index in [1.807, 2.05) is 0 Å². The number of fused-ring (bicyclic) bond motifs is 1. The fourth-order valence-corrected chi connectivity index (χ4v) is 5.58. The SMILES string of the molecule is C/C(CCC(=O)O)=C1\C[C@H]2[C@H](C#CC(O)C3CCCCC3)[C@@H](O)CC[C@@]12C. The quantitative estimate of drug-likeness (QED) is 0.515. The lowest BCUT2D eigenvalue weighted by Gasteiger charge is -2.57. The molecule has 4 nitrogen and oxygen atoms in total. The largest absolute Gasteiger partial charge is 0.481 e. The van der Waals surface area contributed by atoms with Crippen LogP contribution in [0.25, 0.3) is 0 Å². The second-order valence-electron chi connectivity index (χ2n) is 9.14. The Hall–Kier alpha value is -1.31. The van der Waals surface area contributed by atoms with Crippen LogP contribution in [0.3, 0.4) is 0 Å². The first-order valence-electron chi connectivity index (χ1n) is 10.6. The lowest BCUT2D eigenvalue weighted by atomic mass is 9.47. The van der Waals surface area contributed by atoms with Crippen molar-refractivity contribution in [1.82, 2.24) is 0 Å². The minimum absolute atomic E-state index is 0.0248. The molecule has 0 aliphatic heterocycles. The predicted molar refractivity (Wildman–Crippen MR) is 105 cm³/mol. The van der Waals surface area contributed by atoms with Crippen molar-refractivity contribution in [3.63, 3.8) is 0 Å². The maximum Gasteiger partial charge on any atom is 0.303 e. The number of aliphatic carboxylic acids is 1. The molecular formula is C23H34O4. The van der Waals surface area contributed by atoms with Gasteiger partial charge in [0.15, 0.2) is 0 Å². The van der Waals surface area contributed by atoms with Crippen LogP contribution >= 0.6 is 0 Å². The number of aliphatic hydroxyl groups is 2. The fraction of sp³-hybridized carbons (Fsp3) is 0.783. The summed E-state index contributed by atoms with van der Waals surface area (Å²) < 4.78 is 0. The molecular weight excluding hydrogens is 340 g/mol. The first-order valence-corrected chi connectivity index (χ1v) is 10.6. The van der Waals surface area contributed by atoms with Gasteiger partial charge >= 0.3 is 5.97 Å². The van der Waals surface area contributed by atoms with Crippen molar-refractivity contribution in [2.45, 2.75) is 90.3 Å². The van der Waals surface area contributed by atoms with Gasteiger partial charge in [-0.25, -0.2) is 0 Å². The Morgan fingerprint density at radius 3 is 2.59 bits per heavy atom. The number of carboxylic acids is 1. The molecule has 3 aliphatic rings. The summed E-state index contributed by atoms with van der Waals surface area (Å²) in [5.74, 6) is 6.11. The average molecular weight is 375 g/mol. The van der Waals surface area contributed by atoms with Crippen LogP contribution in [0.1, 0.15) is 78.1 Å². The van der Waals surface area contributed by atoms with Crippen molar-refractivity contribution in [3.05, 3.63) is 11.1 Å². The molecule has 3 aliphatic carbocycles. The molecule has 3 rings (SSSR count). The number of hydrogen-bond donors (Lipinski definition) is 3. The summed E-state index contributed by atoms with van der Waals surface area (Å²) in [6.45, 7) is 4.30. The summed E-state index contributed by atoms with van der Waals surface area (Å²) in [5.41, 5.74) is 2.60. The third kappa shape index (κ3) is 4.25. The Labute approximate surface area is 163 Å². The molecule has 3 fully saturated rings. The summed E-state index contributed by atoms with van der Waals surface area (Å²) in [7, 11) is 0. The van der Waals surface area contributed by atoms with Crippen LogP contribution in [-0.2, 0) is 4.79 Å². The minimum Gasteiger partial charge on any atom is -0.481 e. The molecule has 0 aromatic heterocycles. The molecule has 0 amide bonds. The molecule has 27 heavy (non-hydrogen) atoms. The van der Waals surface area contributed by atoms with Gasteiger partial charge < -0.3 is 15.3 Å². The van der Waals surface area contributed by atoms with E-state index in [1.54, 1.807) is 0 Å². The number of allylic oxidation sites excluding steroid dienone is 2. The molecule has 0 bridgehead atoms. The van der Waals surface area contributed by atoms with E-state index >= 15 is 0 Å². The van der Waals surface area contributed by atoms with E-state index in [9.17, 15) is 15.0 Å². The van der Waals surface area contributed by atoms with Crippen molar-refractivity contribution >= 4 is 5.97 Å². The zero-order valence-electron chi connectivity index (χ0n) is 16.7. The lowest BCUT2D eigenvalue weighted by Crippen LogP contribution is -2.52. The van der Waals surface area contributed by atoms with Gasteiger partial charge in [-0.05, 0) is 62.7 Å². The van der Waals surface area contributed by atoms with Gasteiger partial charge in [0, 0.05) is 6.42 Å². The molecule has 5 atom stereocenters. The maximum absolute atomic E-state index is 10.9. The zero-order valence-corrected chi connectivity index (χ0v) is 16.7. The molecule has 3 N–H and O–H groups in total. The molecule has 1 unspecified atom stereocenters. The second-order valence-corrected chi connectivity index (χ2v) is 9.14. The maximum atomic E-state index is 10.9. The smallest absolute Gasteiger partial charge is 0.303 e. The van der Waals surface area contributed by atoms with E-state index in [1.165, 1.54) is 30.4 Å². The van der Waals surface area contributed by atoms with Gasteiger partial charge in [-0.15, -0.1) is 0 Å². The summed E-state index contributed by atoms with van der Waals surface area (Å²) in [5, 5.41) is 30.0. The number of hydrogen-bond acceptors (Lipinski definition) is 3. The summed E-state index contributed by atoms with van der Waals surface area (Å²) >= 11 is 0. The van der Waals surface area contributed by atoms with Crippen LogP contribution in [0.4, 0.5) is 0 Å². The van der Waals surface area contributed by atoms with E-state index in [2.05, 4.69) is 25.7 Å². The van der Waals surface area contributed by atoms with Gasteiger partial charge in [0.2, 0.25) is 0 Å². The third-order valence-electron chi connectivity index (χ3n) is 7.46. The van der Waals surface area contributed by atoms with Gasteiger partial charge in [-0.2, -0.15) is 0 Å².